The lowest BCUT2D eigenvalue weighted by Crippen LogP contribution is -2.48. The smallest absolute Gasteiger partial charge is 0.194 e. The Morgan fingerprint density at radius 2 is 1.67 bits per heavy atom. The molecule has 0 atom stereocenters. The molecule has 114 valence electrons. The van der Waals surface area contributed by atoms with Crippen LogP contribution in [0.4, 0.5) is 0 Å². The summed E-state index contributed by atoms with van der Waals surface area (Å²) in [4.78, 5) is 12.6. The highest BCUT2D eigenvalue weighted by Gasteiger charge is 2.48. The molecule has 0 bridgehead atoms. The van der Waals surface area contributed by atoms with E-state index in [-0.39, 0.29) is 5.78 Å². The van der Waals surface area contributed by atoms with Gasteiger partial charge in [-0.25, -0.2) is 0 Å². The average Bonchev–Trinajstić information content (AvgIpc) is 2.99. The van der Waals surface area contributed by atoms with Crippen LogP contribution in [0.1, 0.15) is 48.5 Å². The molecule has 0 amide bonds. The van der Waals surface area contributed by atoms with Crippen LogP contribution >= 0.6 is 0 Å². The number of benzene rings is 1. The first-order valence-electron chi connectivity index (χ1n) is 7.71. The van der Waals surface area contributed by atoms with E-state index in [9.17, 15) is 9.90 Å². The van der Waals surface area contributed by atoms with Gasteiger partial charge >= 0.3 is 0 Å². The zero-order chi connectivity index (χ0) is 14.9. The number of rotatable bonds is 3. The molecule has 4 nitrogen and oxygen atoms in total. The van der Waals surface area contributed by atoms with Crippen molar-refractivity contribution in [3.05, 3.63) is 35.4 Å². The second kappa shape index (κ2) is 5.52. The van der Waals surface area contributed by atoms with Crippen LogP contribution < -0.4 is 0 Å². The van der Waals surface area contributed by atoms with Gasteiger partial charge in [0.1, 0.15) is 5.60 Å². The van der Waals surface area contributed by atoms with E-state index in [4.69, 9.17) is 9.47 Å². The zero-order valence-electron chi connectivity index (χ0n) is 12.4. The molecule has 0 unspecified atom stereocenters. The quantitative estimate of drug-likeness (QED) is 0.869. The van der Waals surface area contributed by atoms with E-state index < -0.39 is 11.4 Å². The van der Waals surface area contributed by atoms with Gasteiger partial charge in [0.2, 0.25) is 0 Å². The molecule has 1 aromatic rings. The maximum atomic E-state index is 12.6. The highest BCUT2D eigenvalue weighted by molar-refractivity contribution is 6.02. The van der Waals surface area contributed by atoms with E-state index >= 15 is 0 Å². The molecule has 0 radical (unpaired) electrons. The minimum absolute atomic E-state index is 0.182. The normalized spacial score (nSPS) is 23.3. The molecule has 0 aromatic heterocycles. The summed E-state index contributed by atoms with van der Waals surface area (Å²) < 4.78 is 11.3. The Morgan fingerprint density at radius 1 is 1.10 bits per heavy atom. The fourth-order valence-corrected chi connectivity index (χ4v) is 3.22. The summed E-state index contributed by atoms with van der Waals surface area (Å²) in [6.07, 6.45) is 2.86. The van der Waals surface area contributed by atoms with Crippen molar-refractivity contribution >= 4 is 5.78 Å². The number of carbonyl (C=O) groups is 1. The molecule has 2 aliphatic rings. The van der Waals surface area contributed by atoms with Crippen molar-refractivity contribution in [3.8, 4) is 0 Å². The summed E-state index contributed by atoms with van der Waals surface area (Å²) in [5.41, 5.74) is 0.488. The fourth-order valence-electron chi connectivity index (χ4n) is 3.22. The van der Waals surface area contributed by atoms with Gasteiger partial charge in [0.05, 0.1) is 13.2 Å². The van der Waals surface area contributed by atoms with Gasteiger partial charge in [-0.1, -0.05) is 31.2 Å². The van der Waals surface area contributed by atoms with Crippen molar-refractivity contribution in [2.45, 2.75) is 50.4 Å². The predicted molar refractivity (Wildman–Crippen MR) is 78.2 cm³/mol. The van der Waals surface area contributed by atoms with Gasteiger partial charge in [0.25, 0.3) is 0 Å². The van der Waals surface area contributed by atoms with Crippen LogP contribution in [0, 0.1) is 0 Å². The molecule has 21 heavy (non-hydrogen) atoms. The monoisotopic (exact) mass is 290 g/mol. The van der Waals surface area contributed by atoms with Gasteiger partial charge in [-0.2, -0.15) is 0 Å². The van der Waals surface area contributed by atoms with Crippen LogP contribution in [0.25, 0.3) is 0 Å². The van der Waals surface area contributed by atoms with Crippen LogP contribution in [-0.4, -0.2) is 35.5 Å². The first kappa shape index (κ1) is 14.7. The molecular formula is C17H22O4. The maximum Gasteiger partial charge on any atom is 0.194 e. The predicted octanol–water partition coefficient (Wildman–Crippen LogP) is 2.48. The van der Waals surface area contributed by atoms with E-state index in [1.165, 1.54) is 5.56 Å². The Labute approximate surface area is 125 Å². The molecule has 1 N–H and O–H groups in total. The SMILES string of the molecule is CCc1ccc(C(=O)C2(O)CCC3(CC2)OCCO3)cc1. The number of hydrogen-bond donors (Lipinski definition) is 1. The lowest BCUT2D eigenvalue weighted by atomic mass is 9.77. The summed E-state index contributed by atoms with van der Waals surface area (Å²) in [5.74, 6) is -0.739. The van der Waals surface area contributed by atoms with E-state index in [0.29, 0.717) is 44.5 Å². The van der Waals surface area contributed by atoms with Crippen molar-refractivity contribution in [2.24, 2.45) is 0 Å². The topological polar surface area (TPSA) is 55.8 Å². The lowest BCUT2D eigenvalue weighted by molar-refractivity contribution is -0.195. The van der Waals surface area contributed by atoms with Crippen molar-refractivity contribution in [3.63, 3.8) is 0 Å². The summed E-state index contributed by atoms with van der Waals surface area (Å²) in [7, 11) is 0. The highest BCUT2D eigenvalue weighted by atomic mass is 16.7. The zero-order valence-corrected chi connectivity index (χ0v) is 12.4. The molecule has 2 fully saturated rings. The van der Waals surface area contributed by atoms with E-state index in [0.717, 1.165) is 6.42 Å². The standard InChI is InChI=1S/C17H22O4/c1-2-13-3-5-14(6-4-13)15(18)16(19)7-9-17(10-8-16)20-11-12-21-17/h3-6,19H,2,7-12H2,1H3. The Hall–Kier alpha value is -1.23. The fraction of sp³-hybridized carbons (Fsp3) is 0.588. The molecule has 1 heterocycles. The summed E-state index contributed by atoms with van der Waals surface area (Å²) in [5, 5.41) is 10.7. The Bertz CT molecular complexity index is 504. The first-order valence-corrected chi connectivity index (χ1v) is 7.71. The van der Waals surface area contributed by atoms with Gasteiger partial charge in [-0.05, 0) is 24.8 Å². The largest absolute Gasteiger partial charge is 0.382 e. The van der Waals surface area contributed by atoms with E-state index in [2.05, 4.69) is 6.92 Å². The minimum Gasteiger partial charge on any atom is -0.382 e. The van der Waals surface area contributed by atoms with E-state index in [1.54, 1.807) is 0 Å². The second-order valence-corrected chi connectivity index (χ2v) is 6.02. The second-order valence-electron chi connectivity index (χ2n) is 6.02. The van der Waals surface area contributed by atoms with Gasteiger partial charge in [0, 0.05) is 18.4 Å². The van der Waals surface area contributed by atoms with Crippen LogP contribution in [0.2, 0.25) is 0 Å². The molecule has 1 aliphatic heterocycles. The third kappa shape index (κ3) is 2.76. The third-order valence-electron chi connectivity index (χ3n) is 4.70. The van der Waals surface area contributed by atoms with Crippen molar-refractivity contribution in [1.82, 2.24) is 0 Å². The van der Waals surface area contributed by atoms with E-state index in [1.807, 2.05) is 24.3 Å². The number of ether oxygens (including phenoxy) is 2. The number of carbonyl (C=O) groups excluding carboxylic acids is 1. The van der Waals surface area contributed by atoms with Crippen LogP contribution in [0.5, 0.6) is 0 Å². The average molecular weight is 290 g/mol. The molecule has 1 saturated carbocycles. The number of aliphatic hydroxyl groups is 1. The first-order chi connectivity index (χ1) is 10.1. The lowest BCUT2D eigenvalue weighted by Gasteiger charge is -2.39. The molecule has 1 spiro atoms. The Morgan fingerprint density at radius 3 is 2.19 bits per heavy atom. The van der Waals surface area contributed by atoms with Crippen LogP contribution in [0.3, 0.4) is 0 Å². The summed E-state index contributed by atoms with van der Waals surface area (Å²) in [6.45, 7) is 3.28. The highest BCUT2D eigenvalue weighted by Crippen LogP contribution is 2.41. The molecule has 1 aromatic carbocycles. The number of Topliss-reactive ketones (excluding diaryl/α,β-unsaturated/α-hetero) is 1. The minimum atomic E-state index is -1.28. The van der Waals surface area contributed by atoms with Crippen molar-refractivity contribution in [2.75, 3.05) is 13.2 Å². The summed E-state index contributed by atoms with van der Waals surface area (Å²) >= 11 is 0. The van der Waals surface area contributed by atoms with Gasteiger partial charge in [-0.15, -0.1) is 0 Å². The number of aryl methyl sites for hydroxylation is 1. The molecule has 3 rings (SSSR count). The number of ketones is 1. The van der Waals surface area contributed by atoms with Crippen LogP contribution in [-0.2, 0) is 15.9 Å². The Kier molecular flexibility index (Phi) is 3.86. The van der Waals surface area contributed by atoms with Crippen molar-refractivity contribution < 1.29 is 19.4 Å². The van der Waals surface area contributed by atoms with Gasteiger partial charge in [0.15, 0.2) is 11.6 Å². The van der Waals surface area contributed by atoms with Crippen molar-refractivity contribution in [1.29, 1.82) is 0 Å². The third-order valence-corrected chi connectivity index (χ3v) is 4.70. The summed E-state index contributed by atoms with van der Waals surface area (Å²) in [6, 6.07) is 7.52. The van der Waals surface area contributed by atoms with Crippen LogP contribution in [0.15, 0.2) is 24.3 Å². The maximum absolute atomic E-state index is 12.6. The molecule has 1 saturated heterocycles. The molecular weight excluding hydrogens is 268 g/mol. The molecule has 4 heteroatoms. The molecule has 1 aliphatic carbocycles. The van der Waals surface area contributed by atoms with Gasteiger partial charge < -0.3 is 14.6 Å². The van der Waals surface area contributed by atoms with Gasteiger partial charge in [-0.3, -0.25) is 4.79 Å². The number of hydrogen-bond acceptors (Lipinski definition) is 4. The Balaban J connectivity index is 1.71.